The second-order valence-corrected chi connectivity index (χ2v) is 8.16. The van der Waals surface area contributed by atoms with Crippen molar-refractivity contribution in [1.82, 2.24) is 20.1 Å². The molecule has 3 heterocycles. The SMILES string of the molecule is Cc1nc(CN2CCO[C@H]3CN(C(=O)NC(C)C)CC[C@H]3C2)cs1. The number of nitrogens with zero attached hydrogens (tertiary/aromatic N) is 3. The standard InChI is InChI=1S/C17H28N4O2S/c1-12(2)18-17(22)21-5-4-14-8-20(6-7-23-16(14)10-21)9-15-11-24-13(3)19-15/h11-12,14,16H,4-10H2,1-3H3,(H,18,22)/t14-,16-/m0/s1. The van der Waals surface area contributed by atoms with Crippen molar-refractivity contribution in [2.45, 2.75) is 45.9 Å². The summed E-state index contributed by atoms with van der Waals surface area (Å²) in [6, 6.07) is 0.202. The first kappa shape index (κ1) is 17.6. The van der Waals surface area contributed by atoms with Crippen molar-refractivity contribution >= 4 is 17.4 Å². The van der Waals surface area contributed by atoms with Gasteiger partial charge in [0, 0.05) is 50.1 Å². The van der Waals surface area contributed by atoms with Crippen LogP contribution in [-0.4, -0.2) is 65.7 Å². The number of carbonyl (C=O) groups is 1. The normalized spacial score (nSPS) is 25.4. The number of hydrogen-bond acceptors (Lipinski definition) is 5. The zero-order valence-corrected chi connectivity index (χ0v) is 15.6. The van der Waals surface area contributed by atoms with Crippen LogP contribution in [-0.2, 0) is 11.3 Å². The first-order valence-electron chi connectivity index (χ1n) is 8.81. The molecular weight excluding hydrogens is 324 g/mol. The average Bonchev–Trinajstić information content (AvgIpc) is 2.81. The third-order valence-electron chi connectivity index (χ3n) is 4.68. The molecular formula is C17H28N4O2S. The van der Waals surface area contributed by atoms with E-state index in [1.54, 1.807) is 11.3 Å². The summed E-state index contributed by atoms with van der Waals surface area (Å²) in [6.45, 7) is 11.1. The topological polar surface area (TPSA) is 57.7 Å². The Bertz CT molecular complexity index is 563. The molecule has 2 aliphatic heterocycles. The van der Waals surface area contributed by atoms with Crippen molar-refractivity contribution < 1.29 is 9.53 Å². The Labute approximate surface area is 148 Å². The van der Waals surface area contributed by atoms with Gasteiger partial charge < -0.3 is 15.0 Å². The largest absolute Gasteiger partial charge is 0.375 e. The monoisotopic (exact) mass is 352 g/mol. The van der Waals surface area contributed by atoms with E-state index >= 15 is 0 Å². The summed E-state index contributed by atoms with van der Waals surface area (Å²) in [7, 11) is 0. The van der Waals surface area contributed by atoms with Gasteiger partial charge in [0.2, 0.25) is 0 Å². The number of ether oxygens (including phenoxy) is 1. The van der Waals surface area contributed by atoms with Crippen LogP contribution in [0, 0.1) is 12.8 Å². The zero-order valence-electron chi connectivity index (χ0n) is 14.8. The highest BCUT2D eigenvalue weighted by atomic mass is 32.1. The van der Waals surface area contributed by atoms with Gasteiger partial charge in [-0.2, -0.15) is 0 Å². The predicted octanol–water partition coefficient (Wildman–Crippen LogP) is 2.09. The molecule has 6 nitrogen and oxygen atoms in total. The maximum Gasteiger partial charge on any atom is 0.317 e. The average molecular weight is 353 g/mol. The lowest BCUT2D eigenvalue weighted by molar-refractivity contribution is -0.0113. The second-order valence-electron chi connectivity index (χ2n) is 7.10. The van der Waals surface area contributed by atoms with Gasteiger partial charge in [-0.25, -0.2) is 9.78 Å². The van der Waals surface area contributed by atoms with E-state index in [2.05, 4.69) is 20.6 Å². The van der Waals surface area contributed by atoms with Crippen LogP contribution in [0.25, 0.3) is 0 Å². The number of thiazole rings is 1. The molecule has 1 aromatic rings. The highest BCUT2D eigenvalue weighted by molar-refractivity contribution is 7.09. The van der Waals surface area contributed by atoms with Crippen LogP contribution < -0.4 is 5.32 Å². The highest BCUT2D eigenvalue weighted by Crippen LogP contribution is 2.25. The molecule has 0 unspecified atom stereocenters. The molecule has 0 aliphatic carbocycles. The minimum Gasteiger partial charge on any atom is -0.375 e. The number of hydrogen-bond donors (Lipinski definition) is 1. The summed E-state index contributed by atoms with van der Waals surface area (Å²) in [4.78, 5) is 21.1. The molecule has 134 valence electrons. The minimum absolute atomic E-state index is 0.0334. The number of amides is 2. The van der Waals surface area contributed by atoms with E-state index in [4.69, 9.17) is 4.74 Å². The first-order valence-corrected chi connectivity index (χ1v) is 9.69. The van der Waals surface area contributed by atoms with Crippen molar-refractivity contribution in [3.05, 3.63) is 16.1 Å². The third kappa shape index (κ3) is 4.46. The van der Waals surface area contributed by atoms with Crippen molar-refractivity contribution in [2.24, 2.45) is 5.92 Å². The summed E-state index contributed by atoms with van der Waals surface area (Å²) in [5.41, 5.74) is 1.16. The fourth-order valence-corrected chi connectivity index (χ4v) is 4.10. The van der Waals surface area contributed by atoms with Crippen LogP contribution in [0.5, 0.6) is 0 Å². The molecule has 0 aromatic carbocycles. The Hall–Kier alpha value is -1.18. The van der Waals surface area contributed by atoms with Gasteiger partial charge in [0.15, 0.2) is 0 Å². The number of aromatic nitrogens is 1. The molecule has 7 heteroatoms. The lowest BCUT2D eigenvalue weighted by Gasteiger charge is -2.38. The zero-order chi connectivity index (χ0) is 17.1. The molecule has 2 aliphatic rings. The molecule has 3 rings (SSSR count). The van der Waals surface area contributed by atoms with Crippen LogP contribution in [0.3, 0.4) is 0 Å². The number of aryl methyl sites for hydroxylation is 1. The Morgan fingerprint density at radius 1 is 1.46 bits per heavy atom. The summed E-state index contributed by atoms with van der Waals surface area (Å²) < 4.78 is 6.08. The summed E-state index contributed by atoms with van der Waals surface area (Å²) in [5, 5.41) is 6.26. The predicted molar refractivity (Wildman–Crippen MR) is 95.2 cm³/mol. The van der Waals surface area contributed by atoms with Gasteiger partial charge >= 0.3 is 6.03 Å². The van der Waals surface area contributed by atoms with Crippen LogP contribution >= 0.6 is 11.3 Å². The smallest absolute Gasteiger partial charge is 0.317 e. The van der Waals surface area contributed by atoms with E-state index in [0.29, 0.717) is 12.5 Å². The van der Waals surface area contributed by atoms with E-state index in [9.17, 15) is 4.79 Å². The van der Waals surface area contributed by atoms with Gasteiger partial charge in [-0.05, 0) is 27.2 Å². The molecule has 0 saturated carbocycles. The van der Waals surface area contributed by atoms with Crippen LogP contribution in [0.15, 0.2) is 5.38 Å². The van der Waals surface area contributed by atoms with E-state index in [0.717, 1.165) is 49.9 Å². The van der Waals surface area contributed by atoms with Gasteiger partial charge in [0.1, 0.15) is 0 Å². The van der Waals surface area contributed by atoms with Crippen molar-refractivity contribution in [3.63, 3.8) is 0 Å². The molecule has 1 N–H and O–H groups in total. The number of likely N-dealkylation sites (tertiary alicyclic amines) is 1. The fourth-order valence-electron chi connectivity index (χ4n) is 3.50. The summed E-state index contributed by atoms with van der Waals surface area (Å²) in [5.74, 6) is 0.496. The highest BCUT2D eigenvalue weighted by Gasteiger charge is 2.35. The van der Waals surface area contributed by atoms with Gasteiger partial charge in [0.05, 0.1) is 23.4 Å². The van der Waals surface area contributed by atoms with E-state index in [-0.39, 0.29) is 18.2 Å². The second kappa shape index (κ2) is 7.80. The van der Waals surface area contributed by atoms with Crippen molar-refractivity contribution in [3.8, 4) is 0 Å². The number of rotatable bonds is 3. The van der Waals surface area contributed by atoms with Crippen LogP contribution in [0.2, 0.25) is 0 Å². The molecule has 2 atom stereocenters. The van der Waals surface area contributed by atoms with Gasteiger partial charge in [-0.3, -0.25) is 4.90 Å². The van der Waals surface area contributed by atoms with E-state index in [1.807, 2.05) is 25.7 Å². The molecule has 0 bridgehead atoms. The lowest BCUT2D eigenvalue weighted by Crippen LogP contribution is -2.52. The minimum atomic E-state index is 0.0334. The Morgan fingerprint density at radius 3 is 3.00 bits per heavy atom. The Balaban J connectivity index is 1.56. The van der Waals surface area contributed by atoms with Gasteiger partial charge in [-0.1, -0.05) is 0 Å². The van der Waals surface area contributed by atoms with Crippen LogP contribution in [0.1, 0.15) is 31.0 Å². The van der Waals surface area contributed by atoms with Gasteiger partial charge in [-0.15, -0.1) is 11.3 Å². The molecule has 2 amide bonds. The fraction of sp³-hybridized carbons (Fsp3) is 0.765. The van der Waals surface area contributed by atoms with E-state index in [1.165, 1.54) is 0 Å². The molecule has 2 fully saturated rings. The van der Waals surface area contributed by atoms with Gasteiger partial charge in [0.25, 0.3) is 0 Å². The Kier molecular flexibility index (Phi) is 5.73. The van der Waals surface area contributed by atoms with Crippen molar-refractivity contribution in [2.75, 3.05) is 32.8 Å². The quantitative estimate of drug-likeness (QED) is 0.905. The maximum atomic E-state index is 12.2. The Morgan fingerprint density at radius 2 is 2.29 bits per heavy atom. The molecule has 1 aromatic heterocycles. The third-order valence-corrected chi connectivity index (χ3v) is 5.50. The molecule has 2 saturated heterocycles. The summed E-state index contributed by atoms with van der Waals surface area (Å²) >= 11 is 1.71. The van der Waals surface area contributed by atoms with Crippen LogP contribution in [0.4, 0.5) is 4.79 Å². The molecule has 0 spiro atoms. The summed E-state index contributed by atoms with van der Waals surface area (Å²) in [6.07, 6.45) is 1.15. The first-order chi connectivity index (χ1) is 11.5. The molecule has 0 radical (unpaired) electrons. The number of piperidine rings is 1. The number of carbonyl (C=O) groups excluding carboxylic acids is 1. The molecule has 24 heavy (non-hydrogen) atoms. The lowest BCUT2D eigenvalue weighted by atomic mass is 9.93. The van der Waals surface area contributed by atoms with E-state index < -0.39 is 0 Å². The number of fused-ring (bicyclic) bond motifs is 1. The van der Waals surface area contributed by atoms with Crippen molar-refractivity contribution in [1.29, 1.82) is 0 Å². The maximum absolute atomic E-state index is 12.2. The number of urea groups is 1. The number of nitrogens with one attached hydrogen (secondary N) is 1.